The fourth-order valence-corrected chi connectivity index (χ4v) is 2.12. The molecule has 1 aromatic rings. The molecule has 0 spiro atoms. The van der Waals surface area contributed by atoms with E-state index >= 15 is 0 Å². The van der Waals surface area contributed by atoms with Gasteiger partial charge in [0.2, 0.25) is 0 Å². The lowest BCUT2D eigenvalue weighted by molar-refractivity contribution is 0.455. The lowest BCUT2D eigenvalue weighted by atomic mass is 10.1. The van der Waals surface area contributed by atoms with Crippen molar-refractivity contribution < 1.29 is 0 Å². The van der Waals surface area contributed by atoms with Crippen LogP contribution >= 0.6 is 0 Å². The lowest BCUT2D eigenvalue weighted by Crippen LogP contribution is -2.26. The van der Waals surface area contributed by atoms with Crippen molar-refractivity contribution >= 4 is 5.84 Å². The Hall–Kier alpha value is -1.31. The van der Waals surface area contributed by atoms with E-state index in [1.54, 1.807) is 0 Å². The molecule has 15 heavy (non-hydrogen) atoms. The maximum absolute atomic E-state index is 7.75. The SMILES string of the molecule is Cc1ccccc1CCN1CCCC1=N. The van der Waals surface area contributed by atoms with E-state index in [-0.39, 0.29) is 0 Å². The predicted molar refractivity (Wildman–Crippen MR) is 63.4 cm³/mol. The first-order chi connectivity index (χ1) is 7.27. The van der Waals surface area contributed by atoms with E-state index in [4.69, 9.17) is 5.41 Å². The standard InChI is InChI=1S/C13H18N2/c1-11-5-2-3-6-12(11)8-10-15-9-4-7-13(15)14/h2-3,5-6,14H,4,7-10H2,1H3. The topological polar surface area (TPSA) is 27.1 Å². The van der Waals surface area contributed by atoms with Crippen molar-refractivity contribution in [2.75, 3.05) is 13.1 Å². The Bertz CT molecular complexity index is 357. The van der Waals surface area contributed by atoms with Crippen molar-refractivity contribution in [3.05, 3.63) is 35.4 Å². The Balaban J connectivity index is 1.93. The van der Waals surface area contributed by atoms with E-state index in [1.807, 2.05) is 0 Å². The molecule has 1 heterocycles. The maximum Gasteiger partial charge on any atom is 0.0958 e. The second-order valence-corrected chi connectivity index (χ2v) is 4.21. The molecule has 1 saturated heterocycles. The van der Waals surface area contributed by atoms with Crippen molar-refractivity contribution in [2.45, 2.75) is 26.2 Å². The summed E-state index contributed by atoms with van der Waals surface area (Å²) in [5, 5.41) is 7.75. The summed E-state index contributed by atoms with van der Waals surface area (Å²) in [6.45, 7) is 4.24. The molecule has 0 amide bonds. The number of benzene rings is 1. The zero-order valence-electron chi connectivity index (χ0n) is 9.29. The van der Waals surface area contributed by atoms with Gasteiger partial charge in [0.25, 0.3) is 0 Å². The van der Waals surface area contributed by atoms with Gasteiger partial charge in [-0.15, -0.1) is 0 Å². The molecule has 1 fully saturated rings. The summed E-state index contributed by atoms with van der Waals surface area (Å²) < 4.78 is 0. The molecule has 1 N–H and O–H groups in total. The van der Waals surface area contributed by atoms with Crippen molar-refractivity contribution in [1.29, 1.82) is 5.41 Å². The van der Waals surface area contributed by atoms with Crippen LogP contribution in [0.2, 0.25) is 0 Å². The zero-order valence-corrected chi connectivity index (χ0v) is 9.29. The monoisotopic (exact) mass is 202 g/mol. The normalized spacial score (nSPS) is 16.1. The fourth-order valence-electron chi connectivity index (χ4n) is 2.12. The van der Waals surface area contributed by atoms with Crippen LogP contribution in [0.25, 0.3) is 0 Å². The Morgan fingerprint density at radius 3 is 2.80 bits per heavy atom. The first kappa shape index (κ1) is 10.2. The minimum atomic E-state index is 0.823. The second kappa shape index (κ2) is 4.47. The van der Waals surface area contributed by atoms with E-state index in [2.05, 4.69) is 36.1 Å². The molecule has 0 aliphatic carbocycles. The summed E-state index contributed by atoms with van der Waals surface area (Å²) in [5.41, 5.74) is 2.78. The quantitative estimate of drug-likeness (QED) is 0.801. The number of hydrogen-bond donors (Lipinski definition) is 1. The van der Waals surface area contributed by atoms with Crippen LogP contribution in [0.1, 0.15) is 24.0 Å². The molecule has 2 nitrogen and oxygen atoms in total. The van der Waals surface area contributed by atoms with Crippen molar-refractivity contribution in [1.82, 2.24) is 4.90 Å². The first-order valence-electron chi connectivity index (χ1n) is 5.64. The third kappa shape index (κ3) is 2.38. The molecule has 0 aromatic heterocycles. The van der Waals surface area contributed by atoms with Gasteiger partial charge in [-0.3, -0.25) is 5.41 Å². The van der Waals surface area contributed by atoms with Crippen LogP contribution in [-0.2, 0) is 6.42 Å². The van der Waals surface area contributed by atoms with Crippen LogP contribution in [0.5, 0.6) is 0 Å². The number of nitrogens with zero attached hydrogens (tertiary/aromatic N) is 1. The molecule has 1 aliphatic heterocycles. The Morgan fingerprint density at radius 1 is 1.33 bits per heavy atom. The van der Waals surface area contributed by atoms with Crippen molar-refractivity contribution in [3.63, 3.8) is 0 Å². The Labute approximate surface area is 91.4 Å². The Morgan fingerprint density at radius 2 is 2.13 bits per heavy atom. The van der Waals surface area contributed by atoms with Crippen LogP contribution in [0.4, 0.5) is 0 Å². The minimum Gasteiger partial charge on any atom is -0.360 e. The van der Waals surface area contributed by atoms with Gasteiger partial charge in [-0.2, -0.15) is 0 Å². The van der Waals surface area contributed by atoms with E-state index < -0.39 is 0 Å². The molecule has 0 bridgehead atoms. The highest BCUT2D eigenvalue weighted by molar-refractivity contribution is 5.80. The summed E-state index contributed by atoms with van der Waals surface area (Å²) in [5.74, 6) is 0.823. The van der Waals surface area contributed by atoms with E-state index in [0.29, 0.717) is 0 Å². The van der Waals surface area contributed by atoms with Crippen LogP contribution in [-0.4, -0.2) is 23.8 Å². The van der Waals surface area contributed by atoms with Gasteiger partial charge in [0, 0.05) is 19.5 Å². The fraction of sp³-hybridized carbons (Fsp3) is 0.462. The third-order valence-corrected chi connectivity index (χ3v) is 3.14. The van der Waals surface area contributed by atoms with Gasteiger partial charge < -0.3 is 4.90 Å². The average molecular weight is 202 g/mol. The van der Waals surface area contributed by atoms with Gasteiger partial charge in [-0.25, -0.2) is 0 Å². The molecular formula is C13H18N2. The molecule has 0 atom stereocenters. The summed E-state index contributed by atoms with van der Waals surface area (Å²) in [4.78, 5) is 2.20. The van der Waals surface area contributed by atoms with Crippen LogP contribution in [0, 0.1) is 12.3 Å². The van der Waals surface area contributed by atoms with Gasteiger partial charge in [0.05, 0.1) is 5.84 Å². The van der Waals surface area contributed by atoms with Gasteiger partial charge in [-0.1, -0.05) is 24.3 Å². The summed E-state index contributed by atoms with van der Waals surface area (Å²) in [7, 11) is 0. The molecule has 80 valence electrons. The third-order valence-electron chi connectivity index (χ3n) is 3.14. The highest BCUT2D eigenvalue weighted by atomic mass is 15.2. The van der Waals surface area contributed by atoms with Gasteiger partial charge in [-0.05, 0) is 30.9 Å². The maximum atomic E-state index is 7.75. The van der Waals surface area contributed by atoms with E-state index in [1.165, 1.54) is 11.1 Å². The highest BCUT2D eigenvalue weighted by Gasteiger charge is 2.15. The molecule has 2 heteroatoms. The molecule has 0 radical (unpaired) electrons. The summed E-state index contributed by atoms with van der Waals surface area (Å²) in [6.07, 6.45) is 3.19. The number of nitrogens with one attached hydrogen (secondary N) is 1. The molecule has 1 aromatic carbocycles. The van der Waals surface area contributed by atoms with E-state index in [0.717, 1.165) is 38.2 Å². The molecule has 1 aliphatic rings. The van der Waals surface area contributed by atoms with Crippen molar-refractivity contribution in [3.8, 4) is 0 Å². The van der Waals surface area contributed by atoms with E-state index in [9.17, 15) is 0 Å². The van der Waals surface area contributed by atoms with Gasteiger partial charge in [0.15, 0.2) is 0 Å². The average Bonchev–Trinajstić information content (AvgIpc) is 2.63. The van der Waals surface area contributed by atoms with Gasteiger partial charge >= 0.3 is 0 Å². The van der Waals surface area contributed by atoms with Crippen LogP contribution in [0.15, 0.2) is 24.3 Å². The van der Waals surface area contributed by atoms with Crippen LogP contribution in [0.3, 0.4) is 0 Å². The lowest BCUT2D eigenvalue weighted by Gasteiger charge is -2.18. The second-order valence-electron chi connectivity index (χ2n) is 4.21. The summed E-state index contributed by atoms with van der Waals surface area (Å²) >= 11 is 0. The van der Waals surface area contributed by atoms with Crippen molar-refractivity contribution in [2.24, 2.45) is 0 Å². The number of amidine groups is 1. The molecule has 2 rings (SSSR count). The van der Waals surface area contributed by atoms with Gasteiger partial charge in [0.1, 0.15) is 0 Å². The largest absolute Gasteiger partial charge is 0.360 e. The molecular weight excluding hydrogens is 184 g/mol. The number of rotatable bonds is 3. The number of hydrogen-bond acceptors (Lipinski definition) is 1. The Kier molecular flexibility index (Phi) is 3.05. The number of aryl methyl sites for hydroxylation is 1. The minimum absolute atomic E-state index is 0.823. The highest BCUT2D eigenvalue weighted by Crippen LogP contribution is 2.13. The predicted octanol–water partition coefficient (Wildman–Crippen LogP) is 2.61. The molecule has 0 unspecified atom stereocenters. The first-order valence-corrected chi connectivity index (χ1v) is 5.64. The summed E-state index contributed by atoms with van der Waals surface area (Å²) in [6, 6.07) is 8.52. The zero-order chi connectivity index (χ0) is 10.7. The molecule has 0 saturated carbocycles. The smallest absolute Gasteiger partial charge is 0.0958 e. The number of likely N-dealkylation sites (tertiary alicyclic amines) is 1. The van der Waals surface area contributed by atoms with Crippen LogP contribution < -0.4 is 0 Å².